The van der Waals surface area contributed by atoms with Gasteiger partial charge in [-0.1, -0.05) is 57.9 Å². The number of tetrazole rings is 2. The molecule has 0 unspecified atom stereocenters. The predicted molar refractivity (Wildman–Crippen MR) is 356 cm³/mol. The number of ketones is 2. The van der Waals surface area contributed by atoms with Crippen LogP contribution >= 0.6 is 40.2 Å². The highest BCUT2D eigenvalue weighted by Gasteiger charge is 2.41. The third-order valence-corrected chi connectivity index (χ3v) is 16.0. The van der Waals surface area contributed by atoms with Crippen molar-refractivity contribution in [1.29, 1.82) is 0 Å². The van der Waals surface area contributed by atoms with E-state index in [-0.39, 0.29) is 145 Å². The normalized spacial score (nSPS) is 15.2. The fraction of sp³-hybridized carbons (Fsp3) is 0.302. The first-order chi connectivity index (χ1) is 46.9. The van der Waals surface area contributed by atoms with E-state index in [9.17, 15) is 66.0 Å². The molecular weight excluding hydrogens is 1430 g/mol. The summed E-state index contributed by atoms with van der Waals surface area (Å²) in [6, 6.07) is 20.2. The Morgan fingerprint density at radius 2 is 1.09 bits per heavy atom. The number of aryl methyl sites for hydroxylation is 1. The number of fused-ring (bicyclic) bond motifs is 2. The second-order valence-electron chi connectivity index (χ2n) is 22.2. The minimum atomic E-state index is -1.47. The molecule has 37 heteroatoms. The zero-order valence-electron chi connectivity index (χ0n) is 53.0. The molecule has 2 aliphatic rings. The number of amides is 4. The molecule has 4 atom stereocenters. The van der Waals surface area contributed by atoms with Crippen LogP contribution in [-0.2, 0) is 63.0 Å². The molecule has 9 aromatic rings. The van der Waals surface area contributed by atoms with E-state index in [1.54, 1.807) is 12.1 Å². The average Bonchev–Trinajstić information content (AvgIpc) is 1.63. The van der Waals surface area contributed by atoms with Crippen molar-refractivity contribution in [3.8, 4) is 17.2 Å². The lowest BCUT2D eigenvalue weighted by Gasteiger charge is -2.24. The number of nitrogens with two attached hydrogens (primary N) is 1. The highest BCUT2D eigenvalue weighted by Crippen LogP contribution is 2.32. The topological polar surface area (TPSA) is 383 Å². The second kappa shape index (κ2) is 35.3. The van der Waals surface area contributed by atoms with Crippen LogP contribution in [0.1, 0.15) is 83.0 Å². The Kier molecular flexibility index (Phi) is 27.1. The van der Waals surface area contributed by atoms with E-state index < -0.39 is 76.7 Å². The van der Waals surface area contributed by atoms with Crippen LogP contribution < -0.4 is 30.6 Å². The van der Waals surface area contributed by atoms with Gasteiger partial charge in [0.05, 0.1) is 39.1 Å². The van der Waals surface area contributed by atoms with Crippen LogP contribution in [0.3, 0.4) is 0 Å². The molecule has 523 valence electrons. The number of hydrogen-bond acceptors (Lipinski definition) is 20. The third-order valence-electron chi connectivity index (χ3n) is 15.4. The van der Waals surface area contributed by atoms with Crippen molar-refractivity contribution in [2.24, 2.45) is 5.73 Å². The van der Waals surface area contributed by atoms with Gasteiger partial charge in [0.1, 0.15) is 66.4 Å². The molecule has 3 radical (unpaired) electrons. The number of benzene rings is 5. The van der Waals surface area contributed by atoms with Crippen molar-refractivity contribution in [2.45, 2.75) is 103 Å². The number of carbonyl (C=O) groups is 8. The summed E-state index contributed by atoms with van der Waals surface area (Å²) in [4.78, 5) is 115. The number of aromatic amines is 2. The zero-order chi connectivity index (χ0) is 70.3. The summed E-state index contributed by atoms with van der Waals surface area (Å²) in [7, 11) is 0. The number of H-pyrrole nitrogens is 2. The van der Waals surface area contributed by atoms with Crippen LogP contribution in [0.5, 0.6) is 17.2 Å². The number of esters is 1. The number of nitro benzene ring substituents is 1. The zero-order valence-corrected chi connectivity index (χ0v) is 56.2. The van der Waals surface area contributed by atoms with Gasteiger partial charge in [0, 0.05) is 123 Å². The molecule has 2 fully saturated rings. The van der Waals surface area contributed by atoms with E-state index in [0.717, 1.165) is 21.9 Å². The molecule has 0 aliphatic carbocycles. The molecule has 0 spiro atoms. The van der Waals surface area contributed by atoms with E-state index in [4.69, 9.17) is 43.1 Å². The number of carbonyl (C=O) groups excluding carboxylic acids is 8. The molecule has 29 nitrogen and oxygen atoms in total. The van der Waals surface area contributed by atoms with E-state index in [1.165, 1.54) is 108 Å². The van der Waals surface area contributed by atoms with Crippen LogP contribution in [0, 0.1) is 21.7 Å². The van der Waals surface area contributed by atoms with Crippen LogP contribution in [0.2, 0.25) is 10.0 Å². The largest absolute Gasteiger partial charge is 0.519 e. The van der Waals surface area contributed by atoms with E-state index in [0.29, 0.717) is 64.8 Å². The molecule has 0 bridgehead atoms. The van der Waals surface area contributed by atoms with Gasteiger partial charge in [-0.15, -0.1) is 37.4 Å². The van der Waals surface area contributed by atoms with Crippen molar-refractivity contribution in [2.75, 3.05) is 19.6 Å². The first-order valence-corrected chi connectivity index (χ1v) is 30.8. The molecule has 5 aromatic carbocycles. The number of nitrogens with zero attached hydrogens (tertiary/aromatic N) is 11. The molecule has 2 saturated heterocycles. The maximum atomic E-state index is 14.5. The first-order valence-electron chi connectivity index (χ1n) is 30.0. The number of likely N-dealkylation sites (tertiary alicyclic amines) is 2. The number of ether oxygens (including phenoxy) is 3. The lowest BCUT2D eigenvalue weighted by Crippen LogP contribution is -2.46. The molecule has 6 heterocycles. The van der Waals surface area contributed by atoms with E-state index >= 15 is 0 Å². The number of hydrogen-bond donors (Lipinski definition) is 5. The number of aromatic nitrogens is 10. The SMILES string of the molecule is Br.CC(=O)c1cn(CC(=O)N2C[C@H](F)C[C@H]2C(=O)NCc2cccc(Cl)c2F)c2cc(OC(=O)CCCc3nn[nH]n3)ccc12.CC(=O)c1cn(CC(=O)N2C[C@H](F)C[C@H]2C(=O)NCc2cccc(Cl)c2F)c2cc(OC(=O)Oc3ccc([N+](=O)[O-])cc3)ccc12.NCCc1nn[nH]n1.[B]. The van der Waals surface area contributed by atoms with Gasteiger partial charge in [0.15, 0.2) is 23.2 Å². The number of alkyl halides is 2. The number of rotatable bonds is 22. The number of Topliss-reactive ketones (excluding diaryl/α,β-unsaturated/α-hetero) is 2. The summed E-state index contributed by atoms with van der Waals surface area (Å²) in [5, 5.41) is 43.2. The van der Waals surface area contributed by atoms with Gasteiger partial charge in [-0.2, -0.15) is 10.4 Å². The van der Waals surface area contributed by atoms with Crippen molar-refractivity contribution >= 4 is 123 Å². The minimum Gasteiger partial charge on any atom is -0.426 e. The highest BCUT2D eigenvalue weighted by molar-refractivity contribution is 8.93. The maximum Gasteiger partial charge on any atom is 0.519 e. The molecule has 4 aromatic heterocycles. The summed E-state index contributed by atoms with van der Waals surface area (Å²) >= 11 is 11.6. The average molecular weight is 1490 g/mol. The maximum absolute atomic E-state index is 14.5. The van der Waals surface area contributed by atoms with Crippen molar-refractivity contribution < 1.29 is 75.1 Å². The molecule has 4 amide bonds. The van der Waals surface area contributed by atoms with E-state index in [2.05, 4.69) is 51.9 Å². The van der Waals surface area contributed by atoms with Crippen molar-refractivity contribution in [3.05, 3.63) is 175 Å². The van der Waals surface area contributed by atoms with Gasteiger partial charge in [0.25, 0.3) is 5.69 Å². The van der Waals surface area contributed by atoms with Gasteiger partial charge < -0.3 is 49.5 Å². The second-order valence-corrected chi connectivity index (χ2v) is 23.0. The van der Waals surface area contributed by atoms with Gasteiger partial charge in [-0.25, -0.2) is 22.4 Å². The predicted octanol–water partition coefficient (Wildman–Crippen LogP) is 7.61. The van der Waals surface area contributed by atoms with Crippen molar-refractivity contribution in [1.82, 2.24) is 70.8 Å². The van der Waals surface area contributed by atoms with Gasteiger partial charge in [-0.05, 0) is 75.3 Å². The van der Waals surface area contributed by atoms with Crippen LogP contribution in [-0.4, -0.2) is 165 Å². The number of nitro groups is 1. The fourth-order valence-electron chi connectivity index (χ4n) is 10.7. The Morgan fingerprint density at radius 3 is 1.52 bits per heavy atom. The Morgan fingerprint density at radius 1 is 0.650 bits per heavy atom. The summed E-state index contributed by atoms with van der Waals surface area (Å²) in [6.45, 7) is 1.53. The number of halogens is 7. The van der Waals surface area contributed by atoms with Crippen LogP contribution in [0.25, 0.3) is 21.8 Å². The Hall–Kier alpha value is -10.5. The summed E-state index contributed by atoms with van der Waals surface area (Å²) in [5.74, 6) is -3.55. The Balaban J connectivity index is 0.000000248. The fourth-order valence-corrected chi connectivity index (χ4v) is 11.1. The van der Waals surface area contributed by atoms with E-state index in [1.807, 2.05) is 0 Å². The summed E-state index contributed by atoms with van der Waals surface area (Å²) in [6.07, 6.45) is 0.0733. The van der Waals surface area contributed by atoms with Gasteiger partial charge in [0.2, 0.25) is 23.6 Å². The first kappa shape index (κ1) is 76.8. The van der Waals surface area contributed by atoms with Gasteiger partial charge >= 0.3 is 12.1 Å². The molecular formula is C63H61BBrCl2F4N16O13. The van der Waals surface area contributed by atoms with Crippen LogP contribution in [0.4, 0.5) is 28.0 Å². The lowest BCUT2D eigenvalue weighted by atomic mass is 10.1. The summed E-state index contributed by atoms with van der Waals surface area (Å²) in [5.41, 5.74) is 6.65. The standard InChI is InChI=1S/C31H25ClF2N4O8.C29H28ClF2N7O5.C3H7N5.B.BrH/c1-17(39)24-15-36(26-12-22(9-10-23(24)26)46-31(42)45-21-7-5-20(6-8-21)38(43)44)16-28(40)37-14-19(33)11-27(37)30(41)35-13-18-3-2-4-25(32)29(18)34;1-16(40)21-14-38(23-11-19(8-9-20(21)23)44-27(42)7-3-6-25-34-36-37-35-25)15-26(41)39-13-18(31)10-24(39)29(43)33-12-17-4-2-5-22(30)28(17)32;4-2-1-3-5-7-8-6-3;;/h2-10,12,15,19,27H,11,13-14,16H2,1H3,(H,35,41);2,4-5,8-9,11,14,18,24H,3,6-7,10,12-13,15H2,1H3,(H,33,43)(H,34,35,36,37);1-2,4H2,(H,5,6,7,8);;1H/t19-,27+;18-,24+;;;/m11.../s1. The van der Waals surface area contributed by atoms with Gasteiger partial charge in [-0.3, -0.25) is 43.7 Å². The monoisotopic (exact) mass is 1490 g/mol. The minimum absolute atomic E-state index is 0. The molecule has 0 saturated carbocycles. The molecule has 6 N–H and O–H groups in total. The third kappa shape index (κ3) is 19.6. The van der Waals surface area contributed by atoms with Crippen molar-refractivity contribution in [3.63, 3.8) is 0 Å². The molecule has 11 rings (SSSR count). The molecule has 100 heavy (non-hydrogen) atoms. The van der Waals surface area contributed by atoms with Crippen LogP contribution in [0.15, 0.2) is 109 Å². The molecule has 2 aliphatic heterocycles. The number of nitrogens with one attached hydrogen (secondary N) is 4. The highest BCUT2D eigenvalue weighted by atomic mass is 79.9. The number of non-ortho nitro benzene ring substituents is 1. The Bertz CT molecular complexity index is 4450. The lowest BCUT2D eigenvalue weighted by molar-refractivity contribution is -0.384. The quantitative estimate of drug-likeness (QED) is 0.00636. The Labute approximate surface area is 587 Å². The summed E-state index contributed by atoms with van der Waals surface area (Å²) < 4.78 is 76.3. The smallest absolute Gasteiger partial charge is 0.426 e.